The monoisotopic (exact) mass is 567 g/mol. The Labute approximate surface area is 234 Å². The highest BCUT2D eigenvalue weighted by Crippen LogP contribution is 2.46. The van der Waals surface area contributed by atoms with Crippen molar-refractivity contribution in [3.63, 3.8) is 0 Å². The molecule has 10 nitrogen and oxygen atoms in total. The highest BCUT2D eigenvalue weighted by atomic mass is 32.2. The molecular weight excluding hydrogens is 530 g/mol. The first-order valence-corrected chi connectivity index (χ1v) is 15.7. The van der Waals surface area contributed by atoms with Crippen LogP contribution >= 0.6 is 0 Å². The number of hydrogen-bond acceptors (Lipinski definition) is 8. The zero-order chi connectivity index (χ0) is 28.7. The van der Waals surface area contributed by atoms with Crippen molar-refractivity contribution in [1.82, 2.24) is 24.3 Å². The fourth-order valence-corrected chi connectivity index (χ4v) is 6.92. The second-order valence-corrected chi connectivity index (χ2v) is 13.1. The number of aliphatic hydroxyl groups excluding tert-OH is 1. The second-order valence-electron chi connectivity index (χ2n) is 11.3. The quantitative estimate of drug-likeness (QED) is 0.367. The van der Waals surface area contributed by atoms with Gasteiger partial charge in [-0.1, -0.05) is 37.1 Å². The smallest absolute Gasteiger partial charge is 0.338 e. The third-order valence-electron chi connectivity index (χ3n) is 8.16. The summed E-state index contributed by atoms with van der Waals surface area (Å²) in [6.07, 6.45) is 6.84. The lowest BCUT2D eigenvalue weighted by Crippen LogP contribution is -2.46. The Bertz CT molecular complexity index is 1560. The Morgan fingerprint density at radius 1 is 1.18 bits per heavy atom. The number of sulfonamides is 1. The van der Waals surface area contributed by atoms with E-state index < -0.39 is 21.6 Å². The first-order chi connectivity index (χ1) is 18.9. The van der Waals surface area contributed by atoms with Gasteiger partial charge in [-0.05, 0) is 69.6 Å². The van der Waals surface area contributed by atoms with Crippen LogP contribution in [0, 0.1) is 19.8 Å². The standard InChI is InChI=1S/C29H37N5O5S/c1-18-15-19(2)34-28(30-18)31-26(32-34)16-24-25(35)17-29(39-27(24)36,23-7-5-6-8-23)14-13-21-9-11-22(12-10-21)20(3)33-40(4,37)38/h9-12,15,20,23,33,35H,5-8,13-14,16-17H2,1-4H3/t20-,29?/m1/s1. The van der Waals surface area contributed by atoms with Crippen LogP contribution in [0.5, 0.6) is 0 Å². The molecule has 11 heteroatoms. The van der Waals surface area contributed by atoms with Gasteiger partial charge in [-0.3, -0.25) is 0 Å². The van der Waals surface area contributed by atoms with Crippen LogP contribution in [-0.2, 0) is 32.4 Å². The van der Waals surface area contributed by atoms with E-state index in [0.717, 1.165) is 54.5 Å². The molecule has 1 aliphatic carbocycles. The summed E-state index contributed by atoms with van der Waals surface area (Å²) < 4.78 is 33.6. The molecule has 1 unspecified atom stereocenters. The summed E-state index contributed by atoms with van der Waals surface area (Å²) in [6, 6.07) is 9.38. The van der Waals surface area contributed by atoms with Crippen LogP contribution in [0.25, 0.3) is 5.78 Å². The van der Waals surface area contributed by atoms with E-state index in [-0.39, 0.29) is 36.1 Å². The van der Waals surface area contributed by atoms with E-state index >= 15 is 0 Å². The number of nitrogens with zero attached hydrogens (tertiary/aromatic N) is 4. The van der Waals surface area contributed by atoms with Gasteiger partial charge >= 0.3 is 5.97 Å². The van der Waals surface area contributed by atoms with Crippen LogP contribution in [0.3, 0.4) is 0 Å². The number of nitrogens with one attached hydrogen (secondary N) is 1. The topological polar surface area (TPSA) is 136 Å². The minimum atomic E-state index is -3.31. The highest BCUT2D eigenvalue weighted by molar-refractivity contribution is 7.88. The normalized spacial score (nSPS) is 21.2. The molecule has 2 aliphatic rings. The Morgan fingerprint density at radius 2 is 1.88 bits per heavy atom. The number of benzene rings is 1. The number of aromatic nitrogens is 4. The van der Waals surface area contributed by atoms with Crippen molar-refractivity contribution in [2.24, 2.45) is 5.92 Å². The van der Waals surface area contributed by atoms with Gasteiger partial charge in [0.15, 0.2) is 5.82 Å². The molecule has 2 aromatic heterocycles. The molecule has 3 aromatic rings. The average Bonchev–Trinajstić information content (AvgIpc) is 3.55. The molecule has 1 fully saturated rings. The maximum Gasteiger partial charge on any atom is 0.338 e. The molecule has 1 aromatic carbocycles. The van der Waals surface area contributed by atoms with Gasteiger partial charge in [0.1, 0.15) is 11.4 Å². The number of ether oxygens (including phenoxy) is 1. The molecule has 0 amide bonds. The lowest BCUT2D eigenvalue weighted by atomic mass is 9.76. The first kappa shape index (κ1) is 28.2. The fourth-order valence-electron chi connectivity index (χ4n) is 6.15. The van der Waals surface area contributed by atoms with Crippen LogP contribution in [0.1, 0.15) is 79.8 Å². The van der Waals surface area contributed by atoms with E-state index in [2.05, 4.69) is 19.8 Å². The molecule has 40 heavy (non-hydrogen) atoms. The predicted octanol–water partition coefficient (Wildman–Crippen LogP) is 4.21. The summed E-state index contributed by atoms with van der Waals surface area (Å²) in [7, 11) is -3.31. The number of hydrogen-bond donors (Lipinski definition) is 2. The molecule has 0 saturated heterocycles. The number of rotatable bonds is 9. The predicted molar refractivity (Wildman–Crippen MR) is 150 cm³/mol. The third kappa shape index (κ3) is 6.05. The highest BCUT2D eigenvalue weighted by Gasteiger charge is 2.48. The number of aliphatic hydroxyl groups is 1. The maximum atomic E-state index is 13.4. The van der Waals surface area contributed by atoms with Crippen LogP contribution < -0.4 is 4.72 Å². The SMILES string of the molecule is Cc1cc(C)n2nc(CC3=C(O)CC(CCc4ccc([C@@H](C)NS(C)(=O)=O)cc4)(C4CCCC4)OC3=O)nc2n1. The van der Waals surface area contributed by atoms with E-state index in [1.807, 2.05) is 44.2 Å². The first-order valence-electron chi connectivity index (χ1n) is 13.8. The molecule has 214 valence electrons. The zero-order valence-electron chi connectivity index (χ0n) is 23.5. The molecular formula is C29H37N5O5S. The van der Waals surface area contributed by atoms with Gasteiger partial charge < -0.3 is 9.84 Å². The lowest BCUT2D eigenvalue weighted by molar-refractivity contribution is -0.167. The second kappa shape index (κ2) is 10.9. The van der Waals surface area contributed by atoms with Gasteiger partial charge in [-0.25, -0.2) is 27.4 Å². The Kier molecular flexibility index (Phi) is 7.71. The summed E-state index contributed by atoms with van der Waals surface area (Å²) in [4.78, 5) is 22.3. The minimum absolute atomic E-state index is 0.0545. The van der Waals surface area contributed by atoms with E-state index in [1.54, 1.807) is 11.4 Å². The summed E-state index contributed by atoms with van der Waals surface area (Å²) in [6.45, 7) is 5.62. The largest absolute Gasteiger partial charge is 0.512 e. The maximum absolute atomic E-state index is 13.4. The summed E-state index contributed by atoms with van der Waals surface area (Å²) in [5.74, 6) is 0.601. The molecule has 0 spiro atoms. The molecule has 1 saturated carbocycles. The van der Waals surface area contributed by atoms with E-state index in [9.17, 15) is 18.3 Å². The van der Waals surface area contributed by atoms with Crippen LogP contribution in [0.2, 0.25) is 0 Å². The number of carbonyl (C=O) groups is 1. The Balaban J connectivity index is 1.34. The van der Waals surface area contributed by atoms with Crippen molar-refractivity contribution in [1.29, 1.82) is 0 Å². The van der Waals surface area contributed by atoms with Gasteiger partial charge in [-0.2, -0.15) is 4.98 Å². The number of aryl methyl sites for hydroxylation is 3. The fraction of sp³-hybridized carbons (Fsp3) is 0.517. The lowest BCUT2D eigenvalue weighted by Gasteiger charge is -2.41. The summed E-state index contributed by atoms with van der Waals surface area (Å²) >= 11 is 0. The van der Waals surface area contributed by atoms with Gasteiger partial charge in [0, 0.05) is 30.3 Å². The van der Waals surface area contributed by atoms with Gasteiger partial charge in [-0.15, -0.1) is 5.10 Å². The number of carbonyl (C=O) groups excluding carboxylic acids is 1. The number of esters is 1. The van der Waals surface area contributed by atoms with E-state index in [1.165, 1.54) is 0 Å². The van der Waals surface area contributed by atoms with E-state index in [0.29, 0.717) is 24.4 Å². The van der Waals surface area contributed by atoms with Crippen molar-refractivity contribution in [3.8, 4) is 0 Å². The summed E-state index contributed by atoms with van der Waals surface area (Å²) in [5, 5.41) is 15.7. The summed E-state index contributed by atoms with van der Waals surface area (Å²) in [5.41, 5.74) is 3.09. The third-order valence-corrected chi connectivity index (χ3v) is 8.94. The number of cyclic esters (lactones) is 1. The van der Waals surface area contributed by atoms with Crippen LogP contribution in [0.4, 0.5) is 0 Å². The molecule has 2 atom stereocenters. The van der Waals surface area contributed by atoms with Crippen molar-refractivity contribution in [2.45, 2.75) is 83.8 Å². The average molecular weight is 568 g/mol. The van der Waals surface area contributed by atoms with Gasteiger partial charge in [0.25, 0.3) is 5.78 Å². The Morgan fingerprint density at radius 3 is 2.52 bits per heavy atom. The molecule has 2 N–H and O–H groups in total. The molecule has 0 bridgehead atoms. The van der Waals surface area contributed by atoms with Crippen LogP contribution in [-0.4, -0.2) is 50.9 Å². The number of fused-ring (bicyclic) bond motifs is 1. The zero-order valence-corrected chi connectivity index (χ0v) is 24.3. The molecule has 1 aliphatic heterocycles. The van der Waals surface area contributed by atoms with Crippen molar-refractivity contribution < 1.29 is 23.1 Å². The Hall–Kier alpha value is -3.31. The minimum Gasteiger partial charge on any atom is -0.512 e. The molecule has 5 rings (SSSR count). The van der Waals surface area contributed by atoms with Gasteiger partial charge in [0.05, 0.1) is 11.8 Å². The van der Waals surface area contributed by atoms with Crippen molar-refractivity contribution >= 4 is 21.8 Å². The van der Waals surface area contributed by atoms with Crippen LogP contribution in [0.15, 0.2) is 41.7 Å². The molecule has 3 heterocycles. The van der Waals surface area contributed by atoms with Crippen molar-refractivity contribution in [3.05, 3.63) is 70.0 Å². The van der Waals surface area contributed by atoms with Gasteiger partial charge in [0.2, 0.25) is 10.0 Å². The van der Waals surface area contributed by atoms with E-state index in [4.69, 9.17) is 4.74 Å². The van der Waals surface area contributed by atoms with Crippen molar-refractivity contribution in [2.75, 3.05) is 6.26 Å². The molecule has 0 radical (unpaired) electrons.